The van der Waals surface area contributed by atoms with E-state index in [1.54, 1.807) is 0 Å². The van der Waals surface area contributed by atoms with E-state index in [1.165, 1.54) is 0 Å². The van der Waals surface area contributed by atoms with Crippen molar-refractivity contribution in [2.75, 3.05) is 31.6 Å². The number of nitrogens with zero attached hydrogens (tertiary/aromatic N) is 4. The van der Waals surface area contributed by atoms with Crippen molar-refractivity contribution in [3.05, 3.63) is 23.0 Å². The van der Waals surface area contributed by atoms with Gasteiger partial charge >= 0.3 is 0 Å². The number of aryl methyl sites for hydroxylation is 2. The second-order valence-electron chi connectivity index (χ2n) is 6.73. The molecule has 0 radical (unpaired) electrons. The zero-order chi connectivity index (χ0) is 17.7. The highest BCUT2D eigenvalue weighted by Crippen LogP contribution is 2.28. The van der Waals surface area contributed by atoms with Crippen LogP contribution in [-0.4, -0.2) is 42.5 Å². The van der Waals surface area contributed by atoms with Crippen molar-refractivity contribution in [3.63, 3.8) is 0 Å². The van der Waals surface area contributed by atoms with E-state index in [9.17, 15) is 10.1 Å². The van der Waals surface area contributed by atoms with Crippen LogP contribution in [0.15, 0.2) is 6.07 Å². The number of piperidine rings is 1. The first-order valence-electron chi connectivity index (χ1n) is 8.86. The summed E-state index contributed by atoms with van der Waals surface area (Å²) in [6.45, 7) is 8.45. The number of hydrogen-bond donors (Lipinski definition) is 0. The number of pyridine rings is 1. The van der Waals surface area contributed by atoms with Gasteiger partial charge < -0.3 is 9.80 Å². The first kappa shape index (κ1) is 18.3. The smallest absolute Gasteiger partial charge is 0.225 e. The lowest BCUT2D eigenvalue weighted by Crippen LogP contribution is -2.41. The fourth-order valence-electron chi connectivity index (χ4n) is 3.38. The average molecular weight is 328 g/mol. The van der Waals surface area contributed by atoms with Crippen LogP contribution in [-0.2, 0) is 4.79 Å². The van der Waals surface area contributed by atoms with Crippen molar-refractivity contribution < 1.29 is 4.79 Å². The molecule has 1 aromatic rings. The van der Waals surface area contributed by atoms with Crippen molar-refractivity contribution in [2.24, 2.45) is 5.92 Å². The van der Waals surface area contributed by atoms with Crippen LogP contribution < -0.4 is 4.90 Å². The van der Waals surface area contributed by atoms with Gasteiger partial charge in [0, 0.05) is 38.3 Å². The van der Waals surface area contributed by atoms with Gasteiger partial charge in [-0.05, 0) is 39.2 Å². The predicted octanol–water partition coefficient (Wildman–Crippen LogP) is 3.05. The molecule has 0 spiro atoms. The van der Waals surface area contributed by atoms with Gasteiger partial charge in [0.2, 0.25) is 5.91 Å². The number of aromatic nitrogens is 1. The molecule has 5 heteroatoms. The molecular formula is C19H28N4O. The Morgan fingerprint density at radius 3 is 2.67 bits per heavy atom. The molecule has 24 heavy (non-hydrogen) atoms. The van der Waals surface area contributed by atoms with Crippen LogP contribution in [0.5, 0.6) is 0 Å². The SMILES string of the molecule is CCCCN(C)C(=O)C1CCN(c2cc(C)nc(C)c2C#N)CC1. The maximum atomic E-state index is 12.5. The van der Waals surface area contributed by atoms with Gasteiger partial charge in [-0.25, -0.2) is 0 Å². The molecule has 0 N–H and O–H groups in total. The molecule has 0 atom stereocenters. The Bertz CT molecular complexity index is 627. The summed E-state index contributed by atoms with van der Waals surface area (Å²) in [7, 11) is 1.91. The summed E-state index contributed by atoms with van der Waals surface area (Å²) in [5, 5.41) is 9.44. The molecule has 0 aromatic carbocycles. The highest BCUT2D eigenvalue weighted by atomic mass is 16.2. The molecule has 1 aliphatic heterocycles. The van der Waals surface area contributed by atoms with Gasteiger partial charge in [-0.15, -0.1) is 0 Å². The molecule has 1 amide bonds. The van der Waals surface area contributed by atoms with Crippen LogP contribution in [0, 0.1) is 31.1 Å². The topological polar surface area (TPSA) is 60.2 Å². The Kier molecular flexibility index (Phi) is 6.19. The Morgan fingerprint density at radius 1 is 1.42 bits per heavy atom. The summed E-state index contributed by atoms with van der Waals surface area (Å²) >= 11 is 0. The van der Waals surface area contributed by atoms with Crippen LogP contribution in [0.25, 0.3) is 0 Å². The molecule has 1 fully saturated rings. The van der Waals surface area contributed by atoms with Crippen molar-refractivity contribution in [3.8, 4) is 6.07 Å². The van der Waals surface area contributed by atoms with E-state index in [0.29, 0.717) is 5.56 Å². The normalized spacial score (nSPS) is 15.2. The zero-order valence-corrected chi connectivity index (χ0v) is 15.3. The number of carbonyl (C=O) groups is 1. The predicted molar refractivity (Wildman–Crippen MR) is 95.9 cm³/mol. The van der Waals surface area contributed by atoms with Crippen LogP contribution in [0.3, 0.4) is 0 Å². The lowest BCUT2D eigenvalue weighted by molar-refractivity contribution is -0.134. The highest BCUT2D eigenvalue weighted by molar-refractivity contribution is 5.79. The van der Waals surface area contributed by atoms with Crippen molar-refractivity contribution >= 4 is 11.6 Å². The first-order chi connectivity index (χ1) is 11.5. The second-order valence-corrected chi connectivity index (χ2v) is 6.73. The molecule has 2 rings (SSSR count). The van der Waals surface area contributed by atoms with Crippen molar-refractivity contribution in [2.45, 2.75) is 46.5 Å². The summed E-state index contributed by atoms with van der Waals surface area (Å²) < 4.78 is 0. The number of anilines is 1. The molecular weight excluding hydrogens is 300 g/mol. The van der Waals surface area contributed by atoms with Crippen LogP contribution in [0.4, 0.5) is 5.69 Å². The lowest BCUT2D eigenvalue weighted by Gasteiger charge is -2.35. The Morgan fingerprint density at radius 2 is 2.08 bits per heavy atom. The van der Waals surface area contributed by atoms with E-state index in [2.05, 4.69) is 22.9 Å². The number of rotatable bonds is 5. The van der Waals surface area contributed by atoms with E-state index in [1.807, 2.05) is 31.9 Å². The van der Waals surface area contributed by atoms with Crippen molar-refractivity contribution in [1.82, 2.24) is 9.88 Å². The molecule has 1 saturated heterocycles. The standard InChI is InChI=1S/C19H28N4O/c1-5-6-9-22(4)19(24)16-7-10-23(11-8-16)18-12-14(2)21-15(3)17(18)13-20/h12,16H,5-11H2,1-4H3. The second kappa shape index (κ2) is 8.14. The minimum atomic E-state index is 0.109. The highest BCUT2D eigenvalue weighted by Gasteiger charge is 2.28. The monoisotopic (exact) mass is 328 g/mol. The average Bonchev–Trinajstić information content (AvgIpc) is 2.58. The summed E-state index contributed by atoms with van der Waals surface area (Å²) in [4.78, 5) is 21.0. The fourth-order valence-corrected chi connectivity index (χ4v) is 3.38. The summed E-state index contributed by atoms with van der Waals surface area (Å²) in [5.74, 6) is 0.378. The van der Waals surface area contributed by atoms with Crippen LogP contribution >= 0.6 is 0 Å². The van der Waals surface area contributed by atoms with E-state index in [-0.39, 0.29) is 11.8 Å². The van der Waals surface area contributed by atoms with Gasteiger partial charge in [0.15, 0.2) is 0 Å². The molecule has 1 aromatic heterocycles. The Labute approximate surface area is 145 Å². The molecule has 0 aliphatic carbocycles. The number of amides is 1. The minimum Gasteiger partial charge on any atom is -0.370 e. The summed E-state index contributed by atoms with van der Waals surface area (Å²) in [6.07, 6.45) is 3.86. The fraction of sp³-hybridized carbons (Fsp3) is 0.632. The number of hydrogen-bond acceptors (Lipinski definition) is 4. The van der Waals surface area contributed by atoms with Crippen LogP contribution in [0.2, 0.25) is 0 Å². The molecule has 2 heterocycles. The number of unbranched alkanes of at least 4 members (excludes halogenated alkanes) is 1. The van der Waals surface area contributed by atoms with E-state index in [0.717, 1.165) is 62.4 Å². The van der Waals surface area contributed by atoms with Crippen LogP contribution in [0.1, 0.15) is 49.6 Å². The van der Waals surface area contributed by atoms with Gasteiger partial charge in [-0.3, -0.25) is 9.78 Å². The van der Waals surface area contributed by atoms with E-state index in [4.69, 9.17) is 0 Å². The number of nitriles is 1. The molecule has 1 aliphatic rings. The largest absolute Gasteiger partial charge is 0.370 e. The van der Waals surface area contributed by atoms with Gasteiger partial charge in [-0.1, -0.05) is 13.3 Å². The van der Waals surface area contributed by atoms with Crippen molar-refractivity contribution in [1.29, 1.82) is 5.26 Å². The maximum Gasteiger partial charge on any atom is 0.225 e. The molecule has 0 unspecified atom stereocenters. The minimum absolute atomic E-state index is 0.109. The maximum absolute atomic E-state index is 12.5. The van der Waals surface area contributed by atoms with E-state index >= 15 is 0 Å². The quantitative estimate of drug-likeness (QED) is 0.833. The van der Waals surface area contributed by atoms with Gasteiger partial charge in [0.25, 0.3) is 0 Å². The first-order valence-corrected chi connectivity index (χ1v) is 8.86. The van der Waals surface area contributed by atoms with Gasteiger partial charge in [0.1, 0.15) is 6.07 Å². The third kappa shape index (κ3) is 4.05. The molecule has 0 bridgehead atoms. The van der Waals surface area contributed by atoms with Gasteiger partial charge in [-0.2, -0.15) is 5.26 Å². The van der Waals surface area contributed by atoms with Gasteiger partial charge in [0.05, 0.1) is 16.9 Å². The zero-order valence-electron chi connectivity index (χ0n) is 15.3. The Balaban J connectivity index is 2.03. The lowest BCUT2D eigenvalue weighted by atomic mass is 9.94. The molecule has 0 saturated carbocycles. The third-order valence-electron chi connectivity index (χ3n) is 4.83. The third-order valence-corrected chi connectivity index (χ3v) is 4.83. The number of carbonyl (C=O) groups excluding carboxylic acids is 1. The van der Waals surface area contributed by atoms with E-state index < -0.39 is 0 Å². The molecule has 130 valence electrons. The molecule has 5 nitrogen and oxygen atoms in total. The summed E-state index contributed by atoms with van der Waals surface area (Å²) in [6, 6.07) is 4.27. The Hall–Kier alpha value is -2.09. The summed E-state index contributed by atoms with van der Waals surface area (Å²) in [5.41, 5.74) is 3.34.